The monoisotopic (exact) mass is 471 g/mol. The summed E-state index contributed by atoms with van der Waals surface area (Å²) < 4.78 is 10.6. The van der Waals surface area contributed by atoms with Crippen LogP contribution in [0.25, 0.3) is 27.8 Å². The molecular formula is C26H21N3O4S. The van der Waals surface area contributed by atoms with Crippen molar-refractivity contribution >= 4 is 39.5 Å². The number of carbonyl (C=O) groups excluding carboxylic acids is 1. The van der Waals surface area contributed by atoms with E-state index in [1.54, 1.807) is 47.8 Å². The number of thiazole rings is 1. The van der Waals surface area contributed by atoms with Gasteiger partial charge in [0.2, 0.25) is 0 Å². The van der Waals surface area contributed by atoms with Crippen LogP contribution in [0.15, 0.2) is 75.4 Å². The predicted molar refractivity (Wildman–Crippen MR) is 132 cm³/mol. The summed E-state index contributed by atoms with van der Waals surface area (Å²) in [7, 11) is 0. The lowest BCUT2D eigenvalue weighted by molar-refractivity contribution is 0.0459. The van der Waals surface area contributed by atoms with Crippen molar-refractivity contribution in [3.8, 4) is 17.3 Å². The summed E-state index contributed by atoms with van der Waals surface area (Å²) in [6.07, 6.45) is 1.54. The molecule has 0 fully saturated rings. The molecule has 0 spiro atoms. The maximum absolute atomic E-state index is 12.4. The largest absolute Gasteiger partial charge is 0.462 e. The van der Waals surface area contributed by atoms with Crippen molar-refractivity contribution in [2.75, 3.05) is 11.9 Å². The van der Waals surface area contributed by atoms with Crippen LogP contribution < -0.4 is 10.9 Å². The fourth-order valence-electron chi connectivity index (χ4n) is 3.09. The Labute approximate surface area is 200 Å². The number of benzene rings is 2. The maximum atomic E-state index is 12.4. The number of ether oxygens (including phenoxy) is 1. The van der Waals surface area contributed by atoms with Gasteiger partial charge >= 0.3 is 11.6 Å². The lowest BCUT2D eigenvalue weighted by atomic mass is 10.1. The molecule has 0 amide bonds. The number of aromatic nitrogens is 1. The fourth-order valence-corrected chi connectivity index (χ4v) is 3.87. The minimum absolute atomic E-state index is 0.265. The normalized spacial score (nSPS) is 11.4. The number of allylic oxidation sites excluding steroid dienone is 1. The van der Waals surface area contributed by atoms with Gasteiger partial charge in [-0.1, -0.05) is 32.0 Å². The number of para-hydroxylation sites is 1. The molecule has 8 heteroatoms. The molecule has 0 unspecified atom stereocenters. The van der Waals surface area contributed by atoms with Crippen LogP contribution in [0.2, 0.25) is 0 Å². The van der Waals surface area contributed by atoms with Crippen molar-refractivity contribution in [1.82, 2.24) is 4.98 Å². The molecule has 0 saturated heterocycles. The highest BCUT2D eigenvalue weighted by molar-refractivity contribution is 7.11. The number of carbonyl (C=O) groups is 1. The SMILES string of the molecule is CC(C)COC(=O)c1ccc(NC=C(C#N)c2nc(-c3cc4ccccc4oc3=O)cs2)cc1. The van der Waals surface area contributed by atoms with E-state index < -0.39 is 5.63 Å². The van der Waals surface area contributed by atoms with Gasteiger partial charge < -0.3 is 14.5 Å². The van der Waals surface area contributed by atoms with E-state index in [9.17, 15) is 14.9 Å². The number of hydrogen-bond donors (Lipinski definition) is 1. The number of rotatable bonds is 7. The second kappa shape index (κ2) is 10.1. The Bertz CT molecular complexity index is 1460. The topological polar surface area (TPSA) is 105 Å². The first-order valence-corrected chi connectivity index (χ1v) is 11.5. The quantitative estimate of drug-likeness (QED) is 0.209. The highest BCUT2D eigenvalue weighted by Gasteiger charge is 2.14. The Morgan fingerprint density at radius 2 is 2.00 bits per heavy atom. The fraction of sp³-hybridized carbons (Fsp3) is 0.154. The first-order valence-electron chi connectivity index (χ1n) is 10.6. The average Bonchev–Trinajstić information content (AvgIpc) is 3.32. The summed E-state index contributed by atoms with van der Waals surface area (Å²) in [5.41, 5.74) is 2.27. The summed E-state index contributed by atoms with van der Waals surface area (Å²) in [4.78, 5) is 28.9. The molecule has 0 atom stereocenters. The molecule has 0 bridgehead atoms. The van der Waals surface area contributed by atoms with E-state index in [-0.39, 0.29) is 11.9 Å². The number of esters is 1. The lowest BCUT2D eigenvalue weighted by Crippen LogP contribution is -2.10. The number of hydrogen-bond acceptors (Lipinski definition) is 8. The van der Waals surface area contributed by atoms with Crippen LogP contribution in [0, 0.1) is 17.2 Å². The van der Waals surface area contributed by atoms with Crippen molar-refractivity contribution in [3.63, 3.8) is 0 Å². The van der Waals surface area contributed by atoms with Gasteiger partial charge in [0, 0.05) is 22.7 Å². The van der Waals surface area contributed by atoms with Gasteiger partial charge in [0.05, 0.1) is 23.4 Å². The Morgan fingerprint density at radius 1 is 1.24 bits per heavy atom. The molecule has 0 saturated carbocycles. The molecule has 0 aliphatic rings. The van der Waals surface area contributed by atoms with Crippen molar-refractivity contribution in [2.45, 2.75) is 13.8 Å². The van der Waals surface area contributed by atoms with E-state index in [0.717, 1.165) is 5.39 Å². The van der Waals surface area contributed by atoms with Crippen LogP contribution in [0.3, 0.4) is 0 Å². The molecule has 0 radical (unpaired) electrons. The van der Waals surface area contributed by atoms with Crippen molar-refractivity contribution in [1.29, 1.82) is 5.26 Å². The molecule has 4 aromatic rings. The van der Waals surface area contributed by atoms with E-state index >= 15 is 0 Å². The van der Waals surface area contributed by atoms with Gasteiger partial charge in [-0.25, -0.2) is 14.6 Å². The van der Waals surface area contributed by atoms with E-state index in [1.165, 1.54) is 17.5 Å². The van der Waals surface area contributed by atoms with Crippen LogP contribution in [0.4, 0.5) is 5.69 Å². The molecule has 170 valence electrons. The molecule has 0 aliphatic carbocycles. The van der Waals surface area contributed by atoms with Crippen molar-refractivity contribution < 1.29 is 13.9 Å². The summed E-state index contributed by atoms with van der Waals surface area (Å²) in [5.74, 6) is -0.108. The van der Waals surface area contributed by atoms with Crippen molar-refractivity contribution in [2.24, 2.45) is 5.92 Å². The second-order valence-corrected chi connectivity index (χ2v) is 8.77. The van der Waals surface area contributed by atoms with Crippen molar-refractivity contribution in [3.05, 3.63) is 87.2 Å². The third-order valence-corrected chi connectivity index (χ3v) is 5.70. The number of nitrogens with zero attached hydrogens (tertiary/aromatic N) is 2. The van der Waals surface area contributed by atoms with Gasteiger partial charge in [0.25, 0.3) is 0 Å². The maximum Gasteiger partial charge on any atom is 0.345 e. The highest BCUT2D eigenvalue weighted by atomic mass is 32.1. The van der Waals surface area contributed by atoms with E-state index in [1.807, 2.05) is 26.0 Å². The summed E-state index contributed by atoms with van der Waals surface area (Å²) in [5, 5.41) is 15.6. The zero-order chi connectivity index (χ0) is 24.1. The Hall–Kier alpha value is -4.22. The Kier molecular flexibility index (Phi) is 6.85. The third-order valence-electron chi connectivity index (χ3n) is 4.82. The van der Waals surface area contributed by atoms with Crippen LogP contribution in [0.5, 0.6) is 0 Å². The lowest BCUT2D eigenvalue weighted by Gasteiger charge is -2.07. The van der Waals surface area contributed by atoms with Gasteiger partial charge in [0.15, 0.2) is 0 Å². The van der Waals surface area contributed by atoms with Crippen LogP contribution in [-0.2, 0) is 4.74 Å². The minimum atomic E-state index is -0.483. The number of anilines is 1. The zero-order valence-electron chi connectivity index (χ0n) is 18.6. The van der Waals surface area contributed by atoms with Gasteiger partial charge in [0.1, 0.15) is 22.2 Å². The average molecular weight is 472 g/mol. The van der Waals surface area contributed by atoms with Gasteiger partial charge in [-0.05, 0) is 42.3 Å². The Morgan fingerprint density at radius 3 is 2.74 bits per heavy atom. The molecule has 0 aliphatic heterocycles. The summed E-state index contributed by atoms with van der Waals surface area (Å²) in [6, 6.07) is 17.9. The van der Waals surface area contributed by atoms with Gasteiger partial charge in [-0.3, -0.25) is 0 Å². The zero-order valence-corrected chi connectivity index (χ0v) is 19.4. The molecule has 2 aromatic carbocycles. The van der Waals surface area contributed by atoms with E-state index in [0.29, 0.717) is 45.3 Å². The number of nitrogens with one attached hydrogen (secondary N) is 1. The predicted octanol–water partition coefficient (Wildman–Crippen LogP) is 5.71. The number of nitriles is 1. The third kappa shape index (κ3) is 5.22. The van der Waals surface area contributed by atoms with E-state index in [2.05, 4.69) is 16.4 Å². The first-order chi connectivity index (χ1) is 16.4. The molecule has 7 nitrogen and oxygen atoms in total. The van der Waals surface area contributed by atoms with Gasteiger partial charge in [-0.2, -0.15) is 5.26 Å². The summed E-state index contributed by atoms with van der Waals surface area (Å²) in [6.45, 7) is 4.31. The Balaban J connectivity index is 1.50. The van der Waals surface area contributed by atoms with Crippen LogP contribution in [0.1, 0.15) is 29.2 Å². The molecule has 4 rings (SSSR count). The molecular weight excluding hydrogens is 450 g/mol. The summed E-state index contributed by atoms with van der Waals surface area (Å²) >= 11 is 1.26. The van der Waals surface area contributed by atoms with Crippen LogP contribution in [-0.4, -0.2) is 17.6 Å². The molecule has 2 heterocycles. The second-order valence-electron chi connectivity index (χ2n) is 7.91. The molecule has 1 N–H and O–H groups in total. The van der Waals surface area contributed by atoms with E-state index in [4.69, 9.17) is 9.15 Å². The highest BCUT2D eigenvalue weighted by Crippen LogP contribution is 2.26. The molecule has 34 heavy (non-hydrogen) atoms. The smallest absolute Gasteiger partial charge is 0.345 e. The first kappa shape index (κ1) is 23.0. The molecule has 2 aromatic heterocycles. The van der Waals surface area contributed by atoms with Gasteiger partial charge in [-0.15, -0.1) is 11.3 Å². The standard InChI is InChI=1S/C26H21N3O4S/c1-16(2)14-32-25(30)17-7-9-20(10-8-17)28-13-19(12-27)24-29-22(15-34-24)21-11-18-5-3-4-6-23(18)33-26(21)31/h3-11,13,15-16,28H,14H2,1-2H3. The minimum Gasteiger partial charge on any atom is -0.462 e. The van der Waals surface area contributed by atoms with Crippen LogP contribution >= 0.6 is 11.3 Å². The number of fused-ring (bicyclic) bond motifs is 1.